The zero-order valence-electron chi connectivity index (χ0n) is 8.38. The number of amides is 1. The molecule has 15 heavy (non-hydrogen) atoms. The van der Waals surface area contributed by atoms with Crippen molar-refractivity contribution >= 4 is 12.4 Å². The van der Waals surface area contributed by atoms with E-state index in [0.717, 1.165) is 5.56 Å². The lowest BCUT2D eigenvalue weighted by molar-refractivity contribution is -0.140. The summed E-state index contributed by atoms with van der Waals surface area (Å²) in [4.78, 5) is 20.8. The topological polar surface area (TPSA) is 84.2 Å². The van der Waals surface area contributed by atoms with Gasteiger partial charge in [-0.25, -0.2) is 4.79 Å². The smallest absolute Gasteiger partial charge is 0.326 e. The van der Waals surface area contributed by atoms with Gasteiger partial charge >= 0.3 is 5.97 Å². The summed E-state index contributed by atoms with van der Waals surface area (Å²) < 4.78 is 1.65. The van der Waals surface area contributed by atoms with Crippen molar-refractivity contribution in [1.29, 1.82) is 0 Å². The Kier molecular flexibility index (Phi) is 3.84. The van der Waals surface area contributed by atoms with Crippen LogP contribution in [0.1, 0.15) is 12.0 Å². The molecule has 0 spiro atoms. The van der Waals surface area contributed by atoms with E-state index in [1.165, 1.54) is 0 Å². The van der Waals surface area contributed by atoms with Gasteiger partial charge in [0.1, 0.15) is 6.04 Å². The molecule has 1 amide bonds. The quantitative estimate of drug-likeness (QED) is 0.624. The summed E-state index contributed by atoms with van der Waals surface area (Å²) in [6, 6.07) is -0.831. The predicted molar refractivity (Wildman–Crippen MR) is 52.2 cm³/mol. The zero-order valence-corrected chi connectivity index (χ0v) is 8.38. The molecule has 82 valence electrons. The van der Waals surface area contributed by atoms with Crippen LogP contribution in [0.15, 0.2) is 12.4 Å². The van der Waals surface area contributed by atoms with Crippen molar-refractivity contribution in [2.24, 2.45) is 7.05 Å². The minimum atomic E-state index is -1.02. The molecule has 0 saturated carbocycles. The van der Waals surface area contributed by atoms with E-state index in [0.29, 0.717) is 19.3 Å². The third kappa shape index (κ3) is 3.41. The van der Waals surface area contributed by atoms with Crippen LogP contribution >= 0.6 is 0 Å². The second-order valence-corrected chi connectivity index (χ2v) is 3.24. The summed E-state index contributed by atoms with van der Waals surface area (Å²) >= 11 is 0. The number of aromatic nitrogens is 2. The number of nitrogens with zero attached hydrogens (tertiary/aromatic N) is 2. The van der Waals surface area contributed by atoms with E-state index in [1.807, 2.05) is 6.20 Å². The summed E-state index contributed by atoms with van der Waals surface area (Å²) in [7, 11) is 1.79. The normalized spacial score (nSPS) is 12.1. The number of hydrogen-bond acceptors (Lipinski definition) is 3. The molecule has 0 aliphatic rings. The van der Waals surface area contributed by atoms with Crippen LogP contribution in [0.25, 0.3) is 0 Å². The van der Waals surface area contributed by atoms with Gasteiger partial charge in [0.15, 0.2) is 0 Å². The van der Waals surface area contributed by atoms with E-state index >= 15 is 0 Å². The van der Waals surface area contributed by atoms with Gasteiger partial charge in [0.25, 0.3) is 0 Å². The number of nitrogens with one attached hydrogen (secondary N) is 1. The molecule has 0 radical (unpaired) electrons. The Morgan fingerprint density at radius 1 is 1.80 bits per heavy atom. The Bertz CT molecular complexity index is 348. The second kappa shape index (κ2) is 5.14. The molecule has 2 N–H and O–H groups in total. The highest BCUT2D eigenvalue weighted by molar-refractivity contribution is 5.76. The van der Waals surface area contributed by atoms with Gasteiger partial charge in [-0.05, 0) is 18.4 Å². The molecule has 6 heteroatoms. The molecule has 0 aliphatic carbocycles. The maximum absolute atomic E-state index is 10.7. The molecule has 6 nitrogen and oxygen atoms in total. The van der Waals surface area contributed by atoms with Crippen LogP contribution in [0.3, 0.4) is 0 Å². The largest absolute Gasteiger partial charge is 0.480 e. The van der Waals surface area contributed by atoms with Crippen molar-refractivity contribution in [2.75, 3.05) is 0 Å². The highest BCUT2D eigenvalue weighted by Gasteiger charge is 2.15. The molecule has 0 saturated heterocycles. The predicted octanol–water partition coefficient (Wildman–Crippen LogP) is -0.448. The van der Waals surface area contributed by atoms with E-state index in [1.54, 1.807) is 17.9 Å². The van der Waals surface area contributed by atoms with Gasteiger partial charge in [-0.15, -0.1) is 0 Å². The highest BCUT2D eigenvalue weighted by atomic mass is 16.4. The molecular weight excluding hydrogens is 198 g/mol. The van der Waals surface area contributed by atoms with Crippen molar-refractivity contribution in [2.45, 2.75) is 18.9 Å². The zero-order chi connectivity index (χ0) is 11.3. The Morgan fingerprint density at radius 3 is 3.00 bits per heavy atom. The third-order valence-corrected chi connectivity index (χ3v) is 2.05. The van der Waals surface area contributed by atoms with E-state index in [2.05, 4.69) is 10.4 Å². The number of hydrogen-bond donors (Lipinski definition) is 2. The molecule has 1 aromatic heterocycles. The summed E-state index contributed by atoms with van der Waals surface area (Å²) in [5.74, 6) is -1.02. The Balaban J connectivity index is 2.46. The van der Waals surface area contributed by atoms with Crippen LogP contribution in [0.5, 0.6) is 0 Å². The Morgan fingerprint density at radius 2 is 2.53 bits per heavy atom. The maximum atomic E-state index is 10.7. The first kappa shape index (κ1) is 11.2. The van der Waals surface area contributed by atoms with Crippen molar-refractivity contribution in [3.8, 4) is 0 Å². The van der Waals surface area contributed by atoms with Crippen molar-refractivity contribution in [3.05, 3.63) is 18.0 Å². The molecule has 0 bridgehead atoms. The summed E-state index contributed by atoms with van der Waals surface area (Å²) in [5, 5.41) is 15.0. The third-order valence-electron chi connectivity index (χ3n) is 2.05. The van der Waals surface area contributed by atoms with Gasteiger partial charge in [-0.1, -0.05) is 0 Å². The summed E-state index contributed by atoms with van der Waals surface area (Å²) in [6.07, 6.45) is 4.84. The van der Waals surface area contributed by atoms with Gasteiger partial charge in [0.05, 0.1) is 6.20 Å². The molecule has 1 rings (SSSR count). The van der Waals surface area contributed by atoms with Crippen LogP contribution in [-0.2, 0) is 23.1 Å². The van der Waals surface area contributed by atoms with Crippen LogP contribution < -0.4 is 5.32 Å². The van der Waals surface area contributed by atoms with E-state index in [4.69, 9.17) is 5.11 Å². The number of aryl methyl sites for hydroxylation is 2. The molecule has 1 aromatic rings. The van der Waals surface area contributed by atoms with Crippen molar-refractivity contribution in [3.63, 3.8) is 0 Å². The number of rotatable bonds is 6. The molecule has 1 unspecified atom stereocenters. The van der Waals surface area contributed by atoms with E-state index in [9.17, 15) is 9.59 Å². The number of aliphatic carboxylic acids is 1. The van der Waals surface area contributed by atoms with Crippen LogP contribution in [0.4, 0.5) is 0 Å². The Hall–Kier alpha value is -1.85. The average molecular weight is 211 g/mol. The molecule has 0 aromatic carbocycles. The minimum Gasteiger partial charge on any atom is -0.480 e. The highest BCUT2D eigenvalue weighted by Crippen LogP contribution is 2.03. The first-order valence-corrected chi connectivity index (χ1v) is 4.53. The minimum absolute atomic E-state index is 0.361. The van der Waals surface area contributed by atoms with Crippen molar-refractivity contribution in [1.82, 2.24) is 15.1 Å². The van der Waals surface area contributed by atoms with Crippen LogP contribution in [0, 0.1) is 0 Å². The van der Waals surface area contributed by atoms with E-state index in [-0.39, 0.29) is 0 Å². The molecular formula is C9H13N3O3. The number of carbonyl (C=O) groups excluding carboxylic acids is 1. The standard InChI is InChI=1S/C9H13N3O3/c1-12-5-7(4-11-12)2-3-8(9(14)15)10-6-13/h4-6,8H,2-3H2,1H3,(H,10,13)(H,14,15). The lowest BCUT2D eigenvalue weighted by atomic mass is 10.1. The van der Waals surface area contributed by atoms with Gasteiger partial charge in [0, 0.05) is 13.2 Å². The van der Waals surface area contributed by atoms with Gasteiger partial charge < -0.3 is 10.4 Å². The van der Waals surface area contributed by atoms with Gasteiger partial charge in [-0.3, -0.25) is 9.48 Å². The molecule has 0 fully saturated rings. The van der Waals surface area contributed by atoms with Gasteiger partial charge in [0.2, 0.25) is 6.41 Å². The average Bonchev–Trinajstić information content (AvgIpc) is 2.58. The first-order chi connectivity index (χ1) is 7.13. The SMILES string of the molecule is Cn1cc(CCC(NC=O)C(=O)O)cn1. The van der Waals surface area contributed by atoms with Crippen LogP contribution in [0.2, 0.25) is 0 Å². The van der Waals surface area contributed by atoms with Crippen LogP contribution in [-0.4, -0.2) is 33.3 Å². The molecule has 0 aliphatic heterocycles. The summed E-state index contributed by atoms with van der Waals surface area (Å²) in [5.41, 5.74) is 0.955. The van der Waals surface area contributed by atoms with E-state index < -0.39 is 12.0 Å². The van der Waals surface area contributed by atoms with Gasteiger partial charge in [-0.2, -0.15) is 5.10 Å². The number of carbonyl (C=O) groups is 2. The lowest BCUT2D eigenvalue weighted by Gasteiger charge is -2.09. The monoisotopic (exact) mass is 211 g/mol. The van der Waals surface area contributed by atoms with Crippen molar-refractivity contribution < 1.29 is 14.7 Å². The molecule has 1 heterocycles. The fraction of sp³-hybridized carbons (Fsp3) is 0.444. The fourth-order valence-corrected chi connectivity index (χ4v) is 1.27. The Labute approximate surface area is 86.9 Å². The number of carboxylic acids is 1. The fourth-order valence-electron chi connectivity index (χ4n) is 1.27. The summed E-state index contributed by atoms with van der Waals surface area (Å²) in [6.45, 7) is 0. The second-order valence-electron chi connectivity index (χ2n) is 3.24. The number of carboxylic acid groups (broad SMARTS) is 1. The lowest BCUT2D eigenvalue weighted by Crippen LogP contribution is -2.36. The maximum Gasteiger partial charge on any atom is 0.326 e. The first-order valence-electron chi connectivity index (χ1n) is 4.53. The molecule has 1 atom stereocenters.